The summed E-state index contributed by atoms with van der Waals surface area (Å²) in [5.41, 5.74) is 0. The monoisotopic (exact) mass is 342 g/mol. The van der Waals surface area contributed by atoms with Gasteiger partial charge < -0.3 is 30.9 Å². The Labute approximate surface area is 156 Å². The zero-order valence-corrected chi connectivity index (χ0v) is 17.7. The van der Waals surface area contributed by atoms with Crippen LogP contribution in [0.3, 0.4) is 0 Å². The number of hydrogen-bond acceptors (Lipinski definition) is 3. The number of aliphatic imine (C=N–C) groups is 3. The molecule has 0 bridgehead atoms. The molecule has 0 atom stereocenters. The molecule has 0 heterocycles. The zero-order chi connectivity index (χ0) is 17.1. The SMILES string of the molecule is CCN=C(C)[N-]C.CCN=C(C)[N-]C.CC[N-]C(C)=NC.[Sc+3]. The van der Waals surface area contributed by atoms with Gasteiger partial charge in [0.2, 0.25) is 0 Å². The van der Waals surface area contributed by atoms with Crippen molar-refractivity contribution in [2.75, 3.05) is 40.8 Å². The minimum absolute atomic E-state index is 0. The van der Waals surface area contributed by atoms with E-state index in [1.807, 2.05) is 41.5 Å². The van der Waals surface area contributed by atoms with Crippen molar-refractivity contribution in [1.82, 2.24) is 0 Å². The van der Waals surface area contributed by atoms with Crippen molar-refractivity contribution < 1.29 is 25.8 Å². The molecule has 0 fully saturated rings. The van der Waals surface area contributed by atoms with E-state index in [1.54, 1.807) is 21.1 Å². The minimum atomic E-state index is 0. The molecule has 0 unspecified atom stereocenters. The fourth-order valence-corrected chi connectivity index (χ4v) is 0.899. The molecule has 0 N–H and O–H groups in total. The number of amidine groups is 3. The van der Waals surface area contributed by atoms with Gasteiger partial charge in [-0.15, -0.1) is 0 Å². The van der Waals surface area contributed by atoms with Gasteiger partial charge in [0.1, 0.15) is 0 Å². The predicted molar refractivity (Wildman–Crippen MR) is 98.8 cm³/mol. The van der Waals surface area contributed by atoms with Crippen molar-refractivity contribution in [2.45, 2.75) is 41.5 Å². The van der Waals surface area contributed by atoms with Crippen LogP contribution >= 0.6 is 0 Å². The molecule has 7 heteroatoms. The number of hydrogen-bond donors (Lipinski definition) is 0. The Morgan fingerprint density at radius 1 is 0.773 bits per heavy atom. The molecule has 0 rings (SSSR count). The molecule has 0 aromatic rings. The van der Waals surface area contributed by atoms with Gasteiger partial charge in [-0.1, -0.05) is 79.1 Å². The van der Waals surface area contributed by atoms with Crippen LogP contribution in [0, 0.1) is 0 Å². The van der Waals surface area contributed by atoms with E-state index in [2.05, 4.69) is 30.9 Å². The van der Waals surface area contributed by atoms with Crippen LogP contribution in [0.25, 0.3) is 16.0 Å². The fourth-order valence-electron chi connectivity index (χ4n) is 0.899. The van der Waals surface area contributed by atoms with Gasteiger partial charge in [0.15, 0.2) is 0 Å². The Hall–Kier alpha value is -0.720. The molecule has 0 radical (unpaired) electrons. The van der Waals surface area contributed by atoms with E-state index < -0.39 is 0 Å². The van der Waals surface area contributed by atoms with Crippen molar-refractivity contribution >= 4 is 17.5 Å². The van der Waals surface area contributed by atoms with E-state index >= 15 is 0 Å². The summed E-state index contributed by atoms with van der Waals surface area (Å²) in [6.45, 7) is 14.2. The molecule has 126 valence electrons. The molecule has 22 heavy (non-hydrogen) atoms. The van der Waals surface area contributed by atoms with Gasteiger partial charge in [-0.25, -0.2) is 0 Å². The average molecular weight is 342 g/mol. The second-order valence-electron chi connectivity index (χ2n) is 3.74. The molecular weight excluding hydrogens is 309 g/mol. The summed E-state index contributed by atoms with van der Waals surface area (Å²) in [6, 6.07) is 0. The van der Waals surface area contributed by atoms with Gasteiger partial charge in [0, 0.05) is 0 Å². The van der Waals surface area contributed by atoms with Crippen molar-refractivity contribution in [1.29, 1.82) is 0 Å². The van der Waals surface area contributed by atoms with Crippen LogP contribution in [0.1, 0.15) is 41.5 Å². The second-order valence-corrected chi connectivity index (χ2v) is 3.74. The van der Waals surface area contributed by atoms with Crippen LogP contribution in [-0.4, -0.2) is 58.3 Å². The van der Waals surface area contributed by atoms with Crippen LogP contribution in [0.5, 0.6) is 0 Å². The predicted octanol–water partition coefficient (Wildman–Crippen LogP) is 4.28. The Kier molecular flexibility index (Phi) is 33.6. The van der Waals surface area contributed by atoms with Crippen LogP contribution < -0.4 is 0 Å². The van der Waals surface area contributed by atoms with Gasteiger partial charge in [-0.3, -0.25) is 0 Å². The number of rotatable bonds is 3. The van der Waals surface area contributed by atoms with Crippen molar-refractivity contribution in [3.63, 3.8) is 0 Å². The third-order valence-electron chi connectivity index (χ3n) is 2.13. The summed E-state index contributed by atoms with van der Waals surface area (Å²) in [6.07, 6.45) is 0. The largest absolute Gasteiger partial charge is 3.00 e. The van der Waals surface area contributed by atoms with Gasteiger partial charge >= 0.3 is 25.8 Å². The maximum Gasteiger partial charge on any atom is 3.00 e. The summed E-state index contributed by atoms with van der Waals surface area (Å²) in [5, 5.41) is 11.6. The van der Waals surface area contributed by atoms with Crippen LogP contribution in [0.4, 0.5) is 0 Å². The summed E-state index contributed by atoms with van der Waals surface area (Å²) >= 11 is 0. The third-order valence-corrected chi connectivity index (χ3v) is 2.13. The van der Waals surface area contributed by atoms with Gasteiger partial charge in [-0.05, 0) is 20.8 Å². The minimum Gasteiger partial charge on any atom is -0.473 e. The van der Waals surface area contributed by atoms with E-state index in [-0.39, 0.29) is 25.8 Å². The zero-order valence-electron chi connectivity index (χ0n) is 15.9. The first-order valence-electron chi connectivity index (χ1n) is 7.25. The summed E-state index contributed by atoms with van der Waals surface area (Å²) < 4.78 is 0. The first kappa shape index (κ1) is 29.3. The summed E-state index contributed by atoms with van der Waals surface area (Å²) in [7, 11) is 5.23. The van der Waals surface area contributed by atoms with E-state index in [4.69, 9.17) is 0 Å². The fraction of sp³-hybridized carbons (Fsp3) is 0.800. The van der Waals surface area contributed by atoms with E-state index in [1.165, 1.54) is 0 Å². The smallest absolute Gasteiger partial charge is 0.473 e. The quantitative estimate of drug-likeness (QED) is 0.542. The molecular formula is C15H33N6Sc. The third kappa shape index (κ3) is 31.6. The first-order chi connectivity index (χ1) is 9.92. The van der Waals surface area contributed by atoms with Gasteiger partial charge in [-0.2, -0.15) is 0 Å². The second kappa shape index (κ2) is 25.2. The molecule has 0 spiro atoms. The molecule has 0 aliphatic rings. The maximum atomic E-state index is 3.99. The number of nitrogens with zero attached hydrogens (tertiary/aromatic N) is 6. The van der Waals surface area contributed by atoms with E-state index in [0.717, 1.165) is 37.1 Å². The van der Waals surface area contributed by atoms with Crippen molar-refractivity contribution in [2.24, 2.45) is 15.0 Å². The Morgan fingerprint density at radius 2 is 1.14 bits per heavy atom. The van der Waals surface area contributed by atoms with Crippen LogP contribution in [-0.2, 0) is 25.8 Å². The standard InChI is InChI=1S/3C5H11N2.Sc/c3*1-4-7-5(2)6-3;/h3*4H2,1-3H3;/q3*-1;+3. The van der Waals surface area contributed by atoms with E-state index in [9.17, 15) is 0 Å². The average Bonchev–Trinajstić information content (AvgIpc) is 2.49. The molecule has 0 aromatic heterocycles. The maximum absolute atomic E-state index is 3.99. The van der Waals surface area contributed by atoms with E-state index in [0.29, 0.717) is 0 Å². The molecule has 0 saturated carbocycles. The normalized spacial score (nSPS) is 11.0. The Balaban J connectivity index is -0.000000108. The topological polar surface area (TPSA) is 79.4 Å². The molecule has 0 aromatic carbocycles. The first-order valence-corrected chi connectivity index (χ1v) is 7.25. The van der Waals surface area contributed by atoms with Crippen molar-refractivity contribution in [3.8, 4) is 0 Å². The van der Waals surface area contributed by atoms with Crippen LogP contribution in [0.15, 0.2) is 15.0 Å². The molecule has 0 saturated heterocycles. The molecule has 0 aliphatic heterocycles. The van der Waals surface area contributed by atoms with Gasteiger partial charge in [0.25, 0.3) is 0 Å². The Morgan fingerprint density at radius 3 is 1.23 bits per heavy atom. The molecule has 6 nitrogen and oxygen atoms in total. The summed E-state index contributed by atoms with van der Waals surface area (Å²) in [5.74, 6) is 2.63. The van der Waals surface area contributed by atoms with Gasteiger partial charge in [0.05, 0.1) is 0 Å². The molecule has 0 aliphatic carbocycles. The summed E-state index contributed by atoms with van der Waals surface area (Å²) in [4.78, 5) is 11.8. The van der Waals surface area contributed by atoms with Crippen LogP contribution in [0.2, 0.25) is 0 Å². The molecule has 0 amide bonds. The van der Waals surface area contributed by atoms with Crippen molar-refractivity contribution in [3.05, 3.63) is 16.0 Å². The Bertz CT molecular complexity index is 280.